The molecule has 0 saturated heterocycles. The van der Waals surface area contributed by atoms with E-state index < -0.39 is 21.6 Å². The molecule has 210 valence electrons. The molecule has 2 rings (SSSR count). The lowest BCUT2D eigenvalue weighted by Crippen LogP contribution is -2.37. The molecule has 0 spiro atoms. The summed E-state index contributed by atoms with van der Waals surface area (Å²) in [6.07, 6.45) is 3.89. The third-order valence-corrected chi connectivity index (χ3v) is 6.63. The van der Waals surface area contributed by atoms with Crippen LogP contribution in [0.3, 0.4) is 0 Å². The Morgan fingerprint density at radius 1 is 0.842 bits per heavy atom. The Kier molecular flexibility index (Phi) is 16.0. The van der Waals surface area contributed by atoms with Crippen molar-refractivity contribution in [2.45, 2.75) is 45.4 Å². The highest BCUT2D eigenvalue weighted by atomic mass is 32.2. The quantitative estimate of drug-likeness (QED) is 0.139. The minimum atomic E-state index is -3.75. The highest BCUT2D eigenvalue weighted by Gasteiger charge is 2.18. The van der Waals surface area contributed by atoms with Crippen LogP contribution >= 0.6 is 0 Å². The van der Waals surface area contributed by atoms with E-state index in [1.165, 1.54) is 12.1 Å². The van der Waals surface area contributed by atoms with Crippen molar-refractivity contribution in [2.75, 3.05) is 38.5 Å². The summed E-state index contributed by atoms with van der Waals surface area (Å²) >= 11 is 0. The van der Waals surface area contributed by atoms with Crippen LogP contribution < -0.4 is 21.3 Å². The number of hydrogen-bond donors (Lipinski definition) is 5. The lowest BCUT2D eigenvalue weighted by Gasteiger charge is -2.12. The number of carbonyl (C=O) groups is 1. The third-order valence-electron chi connectivity index (χ3n) is 5.01. The average Bonchev–Trinajstić information content (AvgIpc) is 2.88. The van der Waals surface area contributed by atoms with Crippen LogP contribution in [-0.2, 0) is 21.1 Å². The Morgan fingerprint density at radius 3 is 1.95 bits per heavy atom. The Hall–Kier alpha value is -3.53. The number of carboxylic acids is 1. The van der Waals surface area contributed by atoms with E-state index in [2.05, 4.69) is 60.0 Å². The number of carboxylic acid groups (broad SMARTS) is 1. The van der Waals surface area contributed by atoms with Gasteiger partial charge in [0.2, 0.25) is 0 Å². The highest BCUT2D eigenvalue weighted by Crippen LogP contribution is 2.15. The summed E-state index contributed by atoms with van der Waals surface area (Å²) in [5, 5.41) is 21.6. The average molecular weight is 546 g/mol. The van der Waals surface area contributed by atoms with Crippen LogP contribution in [-0.4, -0.2) is 63.9 Å². The van der Waals surface area contributed by atoms with Crippen molar-refractivity contribution in [1.82, 2.24) is 21.3 Å². The highest BCUT2D eigenvalue weighted by molar-refractivity contribution is 7.92. The molecule has 0 radical (unpaired) electrons. The molecule has 0 fully saturated rings. The fraction of sp³-hybridized carbons (Fsp3) is 0.429. The number of aliphatic carboxylic acids is 1. The summed E-state index contributed by atoms with van der Waals surface area (Å²) in [5.41, 5.74) is 2.11. The maximum Gasteiger partial charge on any atom is 0.319 e. The van der Waals surface area contributed by atoms with Crippen molar-refractivity contribution in [1.29, 1.82) is 0 Å². The van der Waals surface area contributed by atoms with Gasteiger partial charge in [0.05, 0.1) is 17.3 Å². The minimum absolute atomic E-state index is 0.0386. The molecule has 0 aliphatic heterocycles. The first-order chi connectivity index (χ1) is 18.2. The number of nitrogens with one attached hydrogen (secondary N) is 4. The van der Waals surface area contributed by atoms with Gasteiger partial charge >= 0.3 is 5.97 Å². The second kappa shape index (κ2) is 18.7. The summed E-state index contributed by atoms with van der Waals surface area (Å²) in [6.45, 7) is 12.7. The first-order valence-corrected chi connectivity index (χ1v) is 14.7. The molecule has 0 aliphatic carbocycles. The van der Waals surface area contributed by atoms with Gasteiger partial charge in [0.15, 0.2) is 21.5 Å². The smallest absolute Gasteiger partial charge is 0.319 e. The third kappa shape index (κ3) is 13.7. The summed E-state index contributed by atoms with van der Waals surface area (Å²) in [6, 6.07) is 16.1. The number of hydrogen-bond acceptors (Lipinski definition) is 6. The molecule has 0 aromatic heterocycles. The molecular formula is C28H43N5O4S. The SMILES string of the molecule is CC/C=C(\NCC)NCCN=C(NCC)NCC.O=C(O)CS(=O)(=O)c1ccc(Cc2ccccc2)cc1. The van der Waals surface area contributed by atoms with Crippen LogP contribution in [0.5, 0.6) is 0 Å². The molecule has 0 atom stereocenters. The molecular weight excluding hydrogens is 502 g/mol. The Balaban J connectivity index is 0.000000383. The van der Waals surface area contributed by atoms with Crippen LogP contribution in [0.25, 0.3) is 0 Å². The van der Waals surface area contributed by atoms with E-state index in [4.69, 9.17) is 5.11 Å². The Morgan fingerprint density at radius 2 is 1.42 bits per heavy atom. The Bertz CT molecular complexity index is 1090. The molecule has 2 aromatic rings. The van der Waals surface area contributed by atoms with E-state index in [1.807, 2.05) is 30.3 Å². The van der Waals surface area contributed by atoms with E-state index >= 15 is 0 Å². The first-order valence-electron chi connectivity index (χ1n) is 13.0. The summed E-state index contributed by atoms with van der Waals surface area (Å²) < 4.78 is 23.5. The zero-order chi connectivity index (χ0) is 28.2. The molecule has 9 nitrogen and oxygen atoms in total. The number of aliphatic imine (C=N–C) groups is 1. The van der Waals surface area contributed by atoms with Gasteiger partial charge in [-0.25, -0.2) is 8.42 Å². The van der Waals surface area contributed by atoms with Gasteiger partial charge in [0.25, 0.3) is 0 Å². The molecule has 0 amide bonds. The lowest BCUT2D eigenvalue weighted by molar-refractivity contribution is -0.134. The molecule has 0 bridgehead atoms. The van der Waals surface area contributed by atoms with Crippen molar-refractivity contribution < 1.29 is 18.3 Å². The number of benzene rings is 2. The van der Waals surface area contributed by atoms with Crippen LogP contribution in [0.1, 0.15) is 45.2 Å². The van der Waals surface area contributed by atoms with Gasteiger partial charge < -0.3 is 26.4 Å². The van der Waals surface area contributed by atoms with Gasteiger partial charge in [-0.1, -0.05) is 49.4 Å². The second-order valence-corrected chi connectivity index (χ2v) is 10.2. The van der Waals surface area contributed by atoms with Gasteiger partial charge in [0, 0.05) is 26.2 Å². The molecule has 0 unspecified atom stereocenters. The number of sulfone groups is 1. The van der Waals surface area contributed by atoms with Gasteiger partial charge in [-0.2, -0.15) is 0 Å². The van der Waals surface area contributed by atoms with E-state index in [-0.39, 0.29) is 4.90 Å². The van der Waals surface area contributed by atoms with Crippen molar-refractivity contribution in [3.63, 3.8) is 0 Å². The van der Waals surface area contributed by atoms with E-state index in [0.717, 1.165) is 62.1 Å². The van der Waals surface area contributed by atoms with Gasteiger partial charge in [-0.15, -0.1) is 0 Å². The molecule has 0 heterocycles. The first kappa shape index (κ1) is 32.5. The van der Waals surface area contributed by atoms with Gasteiger partial charge in [-0.05, 0) is 62.9 Å². The molecule has 10 heteroatoms. The van der Waals surface area contributed by atoms with Gasteiger partial charge in [0.1, 0.15) is 0 Å². The molecule has 2 aromatic carbocycles. The predicted molar refractivity (Wildman–Crippen MR) is 155 cm³/mol. The van der Waals surface area contributed by atoms with Crippen LogP contribution in [0, 0.1) is 0 Å². The largest absolute Gasteiger partial charge is 0.480 e. The maximum absolute atomic E-state index is 11.7. The number of guanidine groups is 1. The van der Waals surface area contributed by atoms with E-state index in [0.29, 0.717) is 6.42 Å². The topological polar surface area (TPSA) is 132 Å². The molecule has 0 aliphatic rings. The van der Waals surface area contributed by atoms with Crippen molar-refractivity contribution >= 4 is 21.8 Å². The lowest BCUT2D eigenvalue weighted by atomic mass is 10.1. The van der Waals surface area contributed by atoms with E-state index in [1.54, 1.807) is 12.1 Å². The normalized spacial score (nSPS) is 11.0. The summed E-state index contributed by atoms with van der Waals surface area (Å²) in [7, 11) is -3.75. The monoisotopic (exact) mass is 545 g/mol. The number of rotatable bonds is 14. The predicted octanol–water partition coefficient (Wildman–Crippen LogP) is 3.15. The van der Waals surface area contributed by atoms with Crippen LogP contribution in [0.2, 0.25) is 0 Å². The van der Waals surface area contributed by atoms with Gasteiger partial charge in [-0.3, -0.25) is 9.79 Å². The summed E-state index contributed by atoms with van der Waals surface area (Å²) in [5.74, 6) is -0.251. The minimum Gasteiger partial charge on any atom is -0.480 e. The fourth-order valence-electron chi connectivity index (χ4n) is 3.36. The zero-order valence-corrected chi connectivity index (χ0v) is 23.8. The van der Waals surface area contributed by atoms with Crippen LogP contribution in [0.4, 0.5) is 0 Å². The van der Waals surface area contributed by atoms with Crippen molar-refractivity contribution in [2.24, 2.45) is 4.99 Å². The second-order valence-electron chi connectivity index (χ2n) is 8.23. The molecule has 5 N–H and O–H groups in total. The Labute approximate surface area is 227 Å². The summed E-state index contributed by atoms with van der Waals surface area (Å²) in [4.78, 5) is 15.0. The van der Waals surface area contributed by atoms with Crippen molar-refractivity contribution in [3.05, 3.63) is 77.6 Å². The van der Waals surface area contributed by atoms with Crippen LogP contribution in [0.15, 0.2) is 76.4 Å². The standard InChI is InChI=1S/C15H14O4S.C13H29N5/c16-15(17)11-20(18,19)14-8-6-13(7-9-14)10-12-4-2-1-3-5-12;1-5-9-12(14-6-2)17-10-11-18-13(15-7-3)16-8-4/h1-9H,10-11H2,(H,16,17);9,14,17H,5-8,10-11H2,1-4H3,(H2,15,16,18)/b;12-9+. The number of nitrogens with zero attached hydrogens (tertiary/aromatic N) is 1. The molecule has 0 saturated carbocycles. The van der Waals surface area contributed by atoms with Crippen molar-refractivity contribution in [3.8, 4) is 0 Å². The maximum atomic E-state index is 11.7. The molecule has 38 heavy (non-hydrogen) atoms. The number of allylic oxidation sites excluding steroid dienone is 1. The zero-order valence-electron chi connectivity index (χ0n) is 23.0. The van der Waals surface area contributed by atoms with E-state index in [9.17, 15) is 13.2 Å². The fourth-order valence-corrected chi connectivity index (χ4v) is 4.40.